The van der Waals surface area contributed by atoms with Gasteiger partial charge in [-0.15, -0.1) is 0 Å². The summed E-state index contributed by atoms with van der Waals surface area (Å²) >= 11 is 0. The third kappa shape index (κ3) is 2.65. The SMILES string of the molecule is O=c1[nH]cc(-c2cc([C@H]3C[C@@H]3c3cnc4ccccc4c3)c3nccn3n2)c(=O)[nH]1. The van der Waals surface area contributed by atoms with Crippen LogP contribution in [0.2, 0.25) is 0 Å². The fourth-order valence-corrected chi connectivity index (χ4v) is 4.14. The number of nitrogens with one attached hydrogen (secondary N) is 2. The number of H-pyrrole nitrogens is 2. The van der Waals surface area contributed by atoms with Crippen molar-refractivity contribution >= 4 is 16.6 Å². The summed E-state index contributed by atoms with van der Waals surface area (Å²) in [6, 6.07) is 12.2. The van der Waals surface area contributed by atoms with E-state index in [0.29, 0.717) is 17.2 Å². The van der Waals surface area contributed by atoms with E-state index in [1.807, 2.05) is 30.5 Å². The summed E-state index contributed by atoms with van der Waals surface area (Å²) in [5, 5.41) is 5.63. The first kappa shape index (κ1) is 16.8. The molecule has 8 nitrogen and oxygen atoms in total. The Morgan fingerprint density at radius 1 is 1.07 bits per heavy atom. The Kier molecular flexibility index (Phi) is 3.49. The molecule has 0 saturated heterocycles. The minimum absolute atomic E-state index is 0.265. The minimum Gasteiger partial charge on any atom is -0.313 e. The lowest BCUT2D eigenvalue weighted by Gasteiger charge is -2.08. The fraction of sp³-hybridized carbons (Fsp3) is 0.136. The number of hydrogen-bond acceptors (Lipinski definition) is 5. The largest absolute Gasteiger partial charge is 0.325 e. The van der Waals surface area contributed by atoms with Gasteiger partial charge in [-0.3, -0.25) is 14.8 Å². The lowest BCUT2D eigenvalue weighted by Crippen LogP contribution is -2.23. The van der Waals surface area contributed by atoms with E-state index in [-0.39, 0.29) is 5.92 Å². The van der Waals surface area contributed by atoms with E-state index < -0.39 is 11.2 Å². The third-order valence-electron chi connectivity index (χ3n) is 5.71. The Bertz CT molecular complexity index is 1550. The lowest BCUT2D eigenvalue weighted by atomic mass is 10.0. The number of pyridine rings is 1. The summed E-state index contributed by atoms with van der Waals surface area (Å²) in [5.74, 6) is 0.605. The first-order valence-corrected chi connectivity index (χ1v) is 9.69. The number of rotatable bonds is 3. The van der Waals surface area contributed by atoms with Crippen LogP contribution in [0.15, 0.2) is 70.8 Å². The monoisotopic (exact) mass is 396 g/mol. The van der Waals surface area contributed by atoms with Gasteiger partial charge in [0.1, 0.15) is 0 Å². The Hall–Kier alpha value is -4.07. The molecule has 4 aromatic heterocycles. The van der Waals surface area contributed by atoms with Crippen LogP contribution in [-0.2, 0) is 0 Å². The molecule has 1 fully saturated rings. The molecule has 0 aliphatic heterocycles. The molecule has 8 heteroatoms. The van der Waals surface area contributed by atoms with Crippen LogP contribution in [0.25, 0.3) is 27.8 Å². The number of benzene rings is 1. The highest BCUT2D eigenvalue weighted by molar-refractivity contribution is 5.79. The van der Waals surface area contributed by atoms with Crippen LogP contribution in [0.5, 0.6) is 0 Å². The van der Waals surface area contributed by atoms with Crippen LogP contribution in [0, 0.1) is 0 Å². The molecule has 1 aliphatic rings. The van der Waals surface area contributed by atoms with Gasteiger partial charge >= 0.3 is 5.69 Å². The first-order valence-electron chi connectivity index (χ1n) is 9.69. The van der Waals surface area contributed by atoms with E-state index in [1.165, 1.54) is 11.8 Å². The molecule has 2 atom stereocenters. The van der Waals surface area contributed by atoms with Crippen molar-refractivity contribution in [3.8, 4) is 11.3 Å². The van der Waals surface area contributed by atoms with E-state index in [9.17, 15) is 9.59 Å². The van der Waals surface area contributed by atoms with Crippen LogP contribution in [0.1, 0.15) is 29.4 Å². The maximum Gasteiger partial charge on any atom is 0.325 e. The van der Waals surface area contributed by atoms with Gasteiger partial charge in [0, 0.05) is 35.7 Å². The van der Waals surface area contributed by atoms with Crippen LogP contribution >= 0.6 is 0 Å². The van der Waals surface area contributed by atoms with E-state index in [4.69, 9.17) is 0 Å². The zero-order chi connectivity index (χ0) is 20.2. The molecular formula is C22H16N6O2. The summed E-state index contributed by atoms with van der Waals surface area (Å²) in [4.78, 5) is 37.5. The molecule has 0 bridgehead atoms. The average molecular weight is 396 g/mol. The van der Waals surface area contributed by atoms with Gasteiger partial charge in [0.2, 0.25) is 0 Å². The van der Waals surface area contributed by atoms with Gasteiger partial charge in [0.25, 0.3) is 5.56 Å². The predicted molar refractivity (Wildman–Crippen MR) is 112 cm³/mol. The van der Waals surface area contributed by atoms with Gasteiger partial charge in [-0.05, 0) is 42.0 Å². The summed E-state index contributed by atoms with van der Waals surface area (Å²) in [6.07, 6.45) is 7.78. The predicted octanol–water partition coefficient (Wildman–Crippen LogP) is 2.59. The minimum atomic E-state index is -0.543. The molecular weight excluding hydrogens is 380 g/mol. The molecule has 1 aromatic carbocycles. The molecule has 0 unspecified atom stereocenters. The molecule has 2 N–H and O–H groups in total. The van der Waals surface area contributed by atoms with E-state index in [2.05, 4.69) is 37.2 Å². The van der Waals surface area contributed by atoms with Crippen molar-refractivity contribution in [2.75, 3.05) is 0 Å². The average Bonchev–Trinajstić information content (AvgIpc) is 3.41. The second-order valence-electron chi connectivity index (χ2n) is 7.58. The maximum absolute atomic E-state index is 12.3. The highest BCUT2D eigenvalue weighted by Gasteiger charge is 2.41. The Morgan fingerprint density at radius 3 is 2.87 bits per heavy atom. The van der Waals surface area contributed by atoms with Crippen molar-refractivity contribution in [3.63, 3.8) is 0 Å². The van der Waals surface area contributed by atoms with Crippen molar-refractivity contribution in [2.24, 2.45) is 0 Å². The van der Waals surface area contributed by atoms with Crippen molar-refractivity contribution in [1.29, 1.82) is 0 Å². The van der Waals surface area contributed by atoms with Crippen molar-refractivity contribution < 1.29 is 0 Å². The number of imidazole rings is 1. The smallest absolute Gasteiger partial charge is 0.313 e. The molecule has 1 saturated carbocycles. The van der Waals surface area contributed by atoms with E-state index >= 15 is 0 Å². The molecule has 1 aliphatic carbocycles. The van der Waals surface area contributed by atoms with E-state index in [0.717, 1.165) is 28.5 Å². The second kappa shape index (κ2) is 6.21. The van der Waals surface area contributed by atoms with Crippen LogP contribution in [-0.4, -0.2) is 29.5 Å². The number of aromatic nitrogens is 6. The topological polar surface area (TPSA) is 109 Å². The first-order chi connectivity index (χ1) is 14.7. The zero-order valence-corrected chi connectivity index (χ0v) is 15.7. The van der Waals surface area contributed by atoms with Gasteiger partial charge in [-0.1, -0.05) is 18.2 Å². The summed E-state index contributed by atoms with van der Waals surface area (Å²) < 4.78 is 1.68. The lowest BCUT2D eigenvalue weighted by molar-refractivity contribution is 0.905. The molecule has 5 aromatic rings. The van der Waals surface area contributed by atoms with E-state index in [1.54, 1.807) is 16.9 Å². The van der Waals surface area contributed by atoms with Crippen molar-refractivity contribution in [3.05, 3.63) is 93.2 Å². The van der Waals surface area contributed by atoms with Crippen LogP contribution < -0.4 is 11.2 Å². The van der Waals surface area contributed by atoms with Gasteiger partial charge in [-0.2, -0.15) is 5.10 Å². The van der Waals surface area contributed by atoms with Gasteiger partial charge < -0.3 is 4.98 Å². The quantitative estimate of drug-likeness (QED) is 0.487. The summed E-state index contributed by atoms with van der Waals surface area (Å²) in [7, 11) is 0. The Balaban J connectivity index is 1.44. The molecule has 4 heterocycles. The fourth-order valence-electron chi connectivity index (χ4n) is 4.14. The van der Waals surface area contributed by atoms with Gasteiger partial charge in [0.15, 0.2) is 5.65 Å². The molecule has 0 amide bonds. The van der Waals surface area contributed by atoms with Crippen molar-refractivity contribution in [2.45, 2.75) is 18.3 Å². The highest BCUT2D eigenvalue weighted by atomic mass is 16.2. The molecule has 30 heavy (non-hydrogen) atoms. The molecule has 6 rings (SSSR count). The number of nitrogens with zero attached hydrogens (tertiary/aromatic N) is 4. The summed E-state index contributed by atoms with van der Waals surface area (Å²) in [5.41, 5.74) is 3.80. The maximum atomic E-state index is 12.3. The summed E-state index contributed by atoms with van der Waals surface area (Å²) in [6.45, 7) is 0. The Labute approximate surface area is 169 Å². The van der Waals surface area contributed by atoms with Crippen LogP contribution in [0.3, 0.4) is 0 Å². The van der Waals surface area contributed by atoms with Gasteiger partial charge in [0.05, 0.1) is 16.8 Å². The van der Waals surface area contributed by atoms with Crippen molar-refractivity contribution in [1.82, 2.24) is 29.5 Å². The number of aromatic amines is 2. The Morgan fingerprint density at radius 2 is 1.97 bits per heavy atom. The second-order valence-corrected chi connectivity index (χ2v) is 7.58. The van der Waals surface area contributed by atoms with Crippen LogP contribution in [0.4, 0.5) is 0 Å². The number of fused-ring (bicyclic) bond motifs is 2. The normalized spacial score (nSPS) is 18.1. The third-order valence-corrected chi connectivity index (χ3v) is 5.71. The molecule has 146 valence electrons. The molecule has 0 spiro atoms. The van der Waals surface area contributed by atoms with Gasteiger partial charge in [-0.25, -0.2) is 14.3 Å². The zero-order valence-electron chi connectivity index (χ0n) is 15.7. The number of para-hydroxylation sites is 1. The molecule has 0 radical (unpaired) electrons. The highest BCUT2D eigenvalue weighted by Crippen LogP contribution is 2.55. The number of hydrogen-bond donors (Lipinski definition) is 2. The standard InChI is InChI=1S/C22H16N6O2/c29-21-17(11-25-22(30)26-21)19-9-16(20-23-5-6-28(20)27-19)15-8-14(15)13-7-12-3-1-2-4-18(12)24-10-13/h1-7,9-11,14-15H,8H2,(H2,25,26,29,30)/t14-,15+/m1/s1.